The number of likely N-dealkylation sites (tertiary alicyclic amines) is 1. The van der Waals surface area contributed by atoms with Crippen LogP contribution in [0.2, 0.25) is 0 Å². The Morgan fingerprint density at radius 3 is 3.00 bits per heavy atom. The van der Waals surface area contributed by atoms with E-state index in [2.05, 4.69) is 18.4 Å². The maximum Gasteiger partial charge on any atom is 0.310 e. The molecule has 140 valence electrons. The van der Waals surface area contributed by atoms with Gasteiger partial charge in [-0.3, -0.25) is 9.69 Å². The van der Waals surface area contributed by atoms with Crippen LogP contribution in [0.3, 0.4) is 0 Å². The summed E-state index contributed by atoms with van der Waals surface area (Å²) in [6.07, 6.45) is 9.18. The molecule has 2 saturated heterocycles. The quantitative estimate of drug-likeness (QED) is 0.629. The fourth-order valence-corrected chi connectivity index (χ4v) is 6.22. The van der Waals surface area contributed by atoms with Crippen molar-refractivity contribution < 1.29 is 14.6 Å². The summed E-state index contributed by atoms with van der Waals surface area (Å²) in [6, 6.07) is 0.221. The number of aliphatic hydroxyl groups is 1. The Bertz CT molecular complexity index is 547. The summed E-state index contributed by atoms with van der Waals surface area (Å²) >= 11 is 0. The van der Waals surface area contributed by atoms with Gasteiger partial charge in [0.25, 0.3) is 0 Å². The van der Waals surface area contributed by atoms with E-state index in [0.29, 0.717) is 11.8 Å². The molecule has 4 rings (SSSR count). The number of carbonyl (C=O) groups excluding carboxylic acids is 1. The zero-order valence-corrected chi connectivity index (χ0v) is 15.6. The molecule has 2 aliphatic carbocycles. The van der Waals surface area contributed by atoms with Crippen LogP contribution in [0.1, 0.15) is 58.3 Å². The van der Waals surface area contributed by atoms with Crippen LogP contribution in [0.4, 0.5) is 0 Å². The minimum atomic E-state index is -0.0172. The Morgan fingerprint density at radius 2 is 2.20 bits per heavy atom. The number of allylic oxidation sites excluding steroid dienone is 1. The van der Waals surface area contributed by atoms with Crippen molar-refractivity contribution in [3.63, 3.8) is 0 Å². The van der Waals surface area contributed by atoms with Crippen LogP contribution in [-0.4, -0.2) is 47.8 Å². The molecule has 0 unspecified atom stereocenters. The summed E-state index contributed by atoms with van der Waals surface area (Å²) in [5.41, 5.74) is 1.67. The average molecular weight is 347 g/mol. The molecule has 0 aromatic heterocycles. The zero-order valence-electron chi connectivity index (χ0n) is 15.6. The molecular weight excluding hydrogens is 314 g/mol. The monoisotopic (exact) mass is 347 g/mol. The molecule has 1 N–H and O–H groups in total. The summed E-state index contributed by atoms with van der Waals surface area (Å²) < 4.78 is 5.88. The minimum absolute atomic E-state index is 0.00474. The van der Waals surface area contributed by atoms with Crippen molar-refractivity contribution in [2.24, 2.45) is 23.2 Å². The van der Waals surface area contributed by atoms with E-state index in [-0.39, 0.29) is 36.1 Å². The Kier molecular flexibility index (Phi) is 4.70. The third kappa shape index (κ3) is 3.06. The van der Waals surface area contributed by atoms with Crippen molar-refractivity contribution in [2.45, 2.75) is 70.4 Å². The number of carbonyl (C=O) groups is 1. The summed E-state index contributed by atoms with van der Waals surface area (Å²) in [6.45, 7) is 8.72. The Hall–Kier alpha value is -0.870. The van der Waals surface area contributed by atoms with Gasteiger partial charge in [0, 0.05) is 18.5 Å². The van der Waals surface area contributed by atoms with E-state index in [1.165, 1.54) is 31.3 Å². The maximum absolute atomic E-state index is 12.7. The topological polar surface area (TPSA) is 49.8 Å². The number of ether oxygens (including phenoxy) is 1. The fourth-order valence-electron chi connectivity index (χ4n) is 6.22. The highest BCUT2D eigenvalue weighted by molar-refractivity contribution is 5.75. The Morgan fingerprint density at radius 1 is 1.36 bits per heavy atom. The molecule has 2 heterocycles. The lowest BCUT2D eigenvalue weighted by molar-refractivity contribution is -0.146. The smallest absolute Gasteiger partial charge is 0.310 e. The average Bonchev–Trinajstić information content (AvgIpc) is 2.88. The van der Waals surface area contributed by atoms with Crippen molar-refractivity contribution >= 4 is 5.97 Å². The van der Waals surface area contributed by atoms with Crippen LogP contribution in [0.15, 0.2) is 12.2 Å². The number of rotatable bonds is 3. The molecule has 0 bridgehead atoms. The molecule has 0 amide bonds. The van der Waals surface area contributed by atoms with Crippen LogP contribution in [0.25, 0.3) is 0 Å². The molecule has 0 radical (unpaired) electrons. The van der Waals surface area contributed by atoms with Gasteiger partial charge in [0.2, 0.25) is 0 Å². The molecule has 4 heteroatoms. The fraction of sp³-hybridized carbons (Fsp3) is 0.857. The molecule has 4 nitrogen and oxygen atoms in total. The van der Waals surface area contributed by atoms with Crippen LogP contribution in [0, 0.1) is 23.2 Å². The van der Waals surface area contributed by atoms with Gasteiger partial charge in [-0.25, -0.2) is 0 Å². The highest BCUT2D eigenvalue weighted by Crippen LogP contribution is 2.57. The Balaban J connectivity index is 1.51. The predicted molar refractivity (Wildman–Crippen MR) is 97.0 cm³/mol. The van der Waals surface area contributed by atoms with Crippen LogP contribution in [0.5, 0.6) is 0 Å². The van der Waals surface area contributed by atoms with Crippen molar-refractivity contribution in [3.8, 4) is 0 Å². The second kappa shape index (κ2) is 6.70. The van der Waals surface area contributed by atoms with Gasteiger partial charge in [-0.05, 0) is 62.8 Å². The first-order chi connectivity index (χ1) is 12.0. The van der Waals surface area contributed by atoms with Crippen LogP contribution in [-0.2, 0) is 9.53 Å². The lowest BCUT2D eigenvalue weighted by atomic mass is 9.55. The summed E-state index contributed by atoms with van der Waals surface area (Å²) in [4.78, 5) is 15.0. The van der Waals surface area contributed by atoms with E-state index in [1.54, 1.807) is 0 Å². The number of nitrogens with zero attached hydrogens (tertiary/aromatic N) is 1. The molecule has 0 aromatic carbocycles. The highest BCUT2D eigenvalue weighted by Gasteiger charge is 2.55. The summed E-state index contributed by atoms with van der Waals surface area (Å²) in [7, 11) is 0. The van der Waals surface area contributed by atoms with Crippen LogP contribution < -0.4 is 0 Å². The molecule has 25 heavy (non-hydrogen) atoms. The molecule has 4 fully saturated rings. The molecule has 0 aromatic rings. The number of piperidine rings is 1. The number of hydrogen-bond donors (Lipinski definition) is 1. The summed E-state index contributed by atoms with van der Waals surface area (Å²) in [5.74, 6) is 0.873. The first-order valence-corrected chi connectivity index (χ1v) is 10.2. The van der Waals surface area contributed by atoms with Gasteiger partial charge in [-0.2, -0.15) is 0 Å². The minimum Gasteiger partial charge on any atom is -0.462 e. The van der Waals surface area contributed by atoms with Crippen LogP contribution >= 0.6 is 0 Å². The van der Waals surface area contributed by atoms with Crippen molar-refractivity contribution in [3.05, 3.63) is 12.2 Å². The van der Waals surface area contributed by atoms with Gasteiger partial charge in [-0.1, -0.05) is 25.5 Å². The number of hydrogen-bond acceptors (Lipinski definition) is 4. The summed E-state index contributed by atoms with van der Waals surface area (Å²) in [5, 5.41) is 9.69. The number of fused-ring (bicyclic) bond motifs is 2. The number of esters is 1. The standard InChI is InChI=1S/C21H33NO3/c1-14-6-5-8-21(2)11-19-16(10-18(14)21)17(20(24)25-19)12-22-9-4-3-7-15(22)13-23/h15-19,23H,1,3-13H2,2H3/t15-,16-,17-,18-,19-,21-/m1/s1. The largest absolute Gasteiger partial charge is 0.462 e. The molecule has 4 aliphatic rings. The van der Waals surface area contributed by atoms with Gasteiger partial charge in [0.1, 0.15) is 6.10 Å². The molecule has 2 aliphatic heterocycles. The van der Waals surface area contributed by atoms with E-state index in [0.717, 1.165) is 38.8 Å². The first kappa shape index (κ1) is 17.5. The van der Waals surface area contributed by atoms with Gasteiger partial charge in [0.05, 0.1) is 12.5 Å². The Labute approximate surface area is 151 Å². The van der Waals surface area contributed by atoms with Gasteiger partial charge in [0.15, 0.2) is 0 Å². The second-order valence-corrected chi connectivity index (χ2v) is 9.23. The van der Waals surface area contributed by atoms with E-state index < -0.39 is 0 Å². The van der Waals surface area contributed by atoms with Gasteiger partial charge < -0.3 is 9.84 Å². The lowest BCUT2D eigenvalue weighted by Gasteiger charge is -2.50. The molecular formula is C21H33NO3. The number of aliphatic hydroxyl groups excluding tert-OH is 1. The highest BCUT2D eigenvalue weighted by atomic mass is 16.6. The molecule has 6 atom stereocenters. The maximum atomic E-state index is 12.7. The van der Waals surface area contributed by atoms with E-state index in [1.807, 2.05) is 0 Å². The van der Waals surface area contributed by atoms with Gasteiger partial charge >= 0.3 is 5.97 Å². The molecule has 2 saturated carbocycles. The van der Waals surface area contributed by atoms with E-state index >= 15 is 0 Å². The lowest BCUT2D eigenvalue weighted by Crippen LogP contribution is -2.48. The third-order valence-electron chi connectivity index (χ3n) is 7.71. The van der Waals surface area contributed by atoms with E-state index in [9.17, 15) is 9.90 Å². The zero-order chi connectivity index (χ0) is 17.6. The third-order valence-corrected chi connectivity index (χ3v) is 7.71. The van der Waals surface area contributed by atoms with Crippen molar-refractivity contribution in [2.75, 3.05) is 19.7 Å². The first-order valence-electron chi connectivity index (χ1n) is 10.2. The SMILES string of the molecule is C=C1CCC[C@]2(C)C[C@H]3OC(=O)[C@H](CN4CCCC[C@@H]4CO)[C@H]3C[C@H]12. The van der Waals surface area contributed by atoms with Gasteiger partial charge in [-0.15, -0.1) is 0 Å². The normalized spacial score (nSPS) is 45.0. The second-order valence-electron chi connectivity index (χ2n) is 9.23. The van der Waals surface area contributed by atoms with Crippen molar-refractivity contribution in [1.29, 1.82) is 0 Å². The molecule has 0 spiro atoms. The van der Waals surface area contributed by atoms with Crippen molar-refractivity contribution in [1.82, 2.24) is 4.90 Å². The van der Waals surface area contributed by atoms with E-state index in [4.69, 9.17) is 4.74 Å². The predicted octanol–water partition coefficient (Wildman–Crippen LogP) is 3.15.